The van der Waals surface area contributed by atoms with Gasteiger partial charge in [0.2, 0.25) is 0 Å². The number of anilines is 1. The highest BCUT2D eigenvalue weighted by atomic mass is 15.3. The zero-order chi connectivity index (χ0) is 13.8. The topological polar surface area (TPSA) is 31.4 Å². The minimum atomic E-state index is 0.764. The molecule has 0 bridgehead atoms. The van der Waals surface area contributed by atoms with Crippen molar-refractivity contribution in [1.82, 2.24) is 15.2 Å². The Morgan fingerprint density at radius 3 is 3.20 bits per heavy atom. The third-order valence-electron chi connectivity index (χ3n) is 4.56. The summed E-state index contributed by atoms with van der Waals surface area (Å²) in [6.45, 7) is 9.07. The van der Waals surface area contributed by atoms with Gasteiger partial charge in [0.05, 0.1) is 11.9 Å². The van der Waals surface area contributed by atoms with Crippen molar-refractivity contribution in [2.75, 3.05) is 37.6 Å². The summed E-state index contributed by atoms with van der Waals surface area (Å²) in [4.78, 5) is 9.55. The highest BCUT2D eigenvalue weighted by Crippen LogP contribution is 2.27. The molecule has 0 spiro atoms. The predicted molar refractivity (Wildman–Crippen MR) is 83.0 cm³/mol. The number of nitrogens with one attached hydrogen (secondary N) is 1. The zero-order valence-corrected chi connectivity index (χ0v) is 12.5. The van der Waals surface area contributed by atoms with Crippen LogP contribution in [-0.4, -0.2) is 48.6 Å². The molecule has 1 unspecified atom stereocenters. The second-order valence-corrected chi connectivity index (χ2v) is 5.96. The monoisotopic (exact) mass is 274 g/mol. The van der Waals surface area contributed by atoms with Gasteiger partial charge in [-0.05, 0) is 44.0 Å². The molecule has 1 aromatic rings. The Labute approximate surface area is 122 Å². The van der Waals surface area contributed by atoms with Gasteiger partial charge in [0.1, 0.15) is 0 Å². The van der Waals surface area contributed by atoms with Gasteiger partial charge in [-0.3, -0.25) is 9.88 Å². The number of piperazine rings is 1. The maximum atomic E-state index is 4.35. The van der Waals surface area contributed by atoms with Crippen molar-refractivity contribution in [2.24, 2.45) is 0 Å². The number of fused-ring (bicyclic) bond motifs is 1. The highest BCUT2D eigenvalue weighted by Gasteiger charge is 2.31. The van der Waals surface area contributed by atoms with E-state index in [1.165, 1.54) is 50.1 Å². The number of hydrogen-bond donors (Lipinski definition) is 1. The van der Waals surface area contributed by atoms with Gasteiger partial charge in [-0.1, -0.05) is 6.92 Å². The average Bonchev–Trinajstić information content (AvgIpc) is 2.95. The van der Waals surface area contributed by atoms with Gasteiger partial charge in [0.25, 0.3) is 0 Å². The molecule has 0 saturated carbocycles. The first-order chi connectivity index (χ1) is 9.88. The van der Waals surface area contributed by atoms with Gasteiger partial charge in [0, 0.05) is 38.4 Å². The van der Waals surface area contributed by atoms with Crippen LogP contribution in [0.4, 0.5) is 5.69 Å². The summed E-state index contributed by atoms with van der Waals surface area (Å²) >= 11 is 0. The smallest absolute Gasteiger partial charge is 0.0599 e. The van der Waals surface area contributed by atoms with Crippen LogP contribution >= 0.6 is 0 Å². The van der Waals surface area contributed by atoms with E-state index < -0.39 is 0 Å². The first-order valence-electron chi connectivity index (χ1n) is 8.01. The quantitative estimate of drug-likeness (QED) is 0.831. The van der Waals surface area contributed by atoms with Crippen LogP contribution in [0.15, 0.2) is 18.5 Å². The summed E-state index contributed by atoms with van der Waals surface area (Å²) in [5.74, 6) is 0. The second-order valence-electron chi connectivity index (χ2n) is 5.96. The Balaban J connectivity index is 1.69. The fraction of sp³-hybridized carbons (Fsp3) is 0.688. The largest absolute Gasteiger partial charge is 0.367 e. The van der Waals surface area contributed by atoms with Gasteiger partial charge in [0.15, 0.2) is 0 Å². The van der Waals surface area contributed by atoms with Gasteiger partial charge < -0.3 is 10.2 Å². The summed E-state index contributed by atoms with van der Waals surface area (Å²) in [7, 11) is 0. The molecule has 2 fully saturated rings. The molecule has 3 rings (SSSR count). The molecule has 1 N–H and O–H groups in total. The molecule has 1 atom stereocenters. The first-order valence-corrected chi connectivity index (χ1v) is 8.01. The van der Waals surface area contributed by atoms with Crippen LogP contribution in [0.5, 0.6) is 0 Å². The van der Waals surface area contributed by atoms with Crippen molar-refractivity contribution in [1.29, 1.82) is 0 Å². The van der Waals surface area contributed by atoms with Crippen LogP contribution in [0.2, 0.25) is 0 Å². The van der Waals surface area contributed by atoms with Gasteiger partial charge in [-0.2, -0.15) is 0 Å². The fourth-order valence-electron chi connectivity index (χ4n) is 3.46. The van der Waals surface area contributed by atoms with E-state index >= 15 is 0 Å². The standard InChI is InChI=1S/C16H26N4/c1-2-6-17-11-14-5-7-18-12-16(14)20-10-9-19-8-3-4-15(19)13-20/h5,7,12,15,17H,2-4,6,8-11,13H2,1H3. The number of nitrogens with zero attached hydrogens (tertiary/aromatic N) is 3. The van der Waals surface area contributed by atoms with Crippen LogP contribution in [-0.2, 0) is 6.54 Å². The van der Waals surface area contributed by atoms with Crippen molar-refractivity contribution in [2.45, 2.75) is 38.8 Å². The minimum absolute atomic E-state index is 0.764. The lowest BCUT2D eigenvalue weighted by Gasteiger charge is -2.39. The van der Waals surface area contributed by atoms with E-state index in [9.17, 15) is 0 Å². The molecule has 2 aliphatic heterocycles. The third kappa shape index (κ3) is 2.96. The maximum absolute atomic E-state index is 4.35. The highest BCUT2D eigenvalue weighted by molar-refractivity contribution is 5.52. The minimum Gasteiger partial charge on any atom is -0.367 e. The number of aromatic nitrogens is 1. The lowest BCUT2D eigenvalue weighted by atomic mass is 10.1. The van der Waals surface area contributed by atoms with E-state index in [1.807, 2.05) is 12.4 Å². The molecule has 4 heteroatoms. The number of pyridine rings is 1. The molecule has 0 aromatic carbocycles. The van der Waals surface area contributed by atoms with E-state index in [-0.39, 0.29) is 0 Å². The number of hydrogen-bond acceptors (Lipinski definition) is 4. The molecule has 0 radical (unpaired) electrons. The predicted octanol–water partition coefficient (Wildman–Crippen LogP) is 1.87. The molecule has 2 aliphatic rings. The van der Waals surface area contributed by atoms with E-state index in [0.717, 1.165) is 25.7 Å². The molecular formula is C16H26N4. The molecule has 20 heavy (non-hydrogen) atoms. The van der Waals surface area contributed by atoms with Crippen LogP contribution < -0.4 is 10.2 Å². The molecule has 2 saturated heterocycles. The Morgan fingerprint density at radius 1 is 1.35 bits per heavy atom. The summed E-state index contributed by atoms with van der Waals surface area (Å²) in [5, 5.41) is 3.51. The summed E-state index contributed by atoms with van der Waals surface area (Å²) in [5.41, 5.74) is 2.72. The fourth-order valence-corrected chi connectivity index (χ4v) is 3.46. The second kappa shape index (κ2) is 6.55. The van der Waals surface area contributed by atoms with Crippen LogP contribution in [0.1, 0.15) is 31.7 Å². The van der Waals surface area contributed by atoms with Gasteiger partial charge >= 0.3 is 0 Å². The van der Waals surface area contributed by atoms with Crippen LogP contribution in [0, 0.1) is 0 Å². The molecular weight excluding hydrogens is 248 g/mol. The third-order valence-corrected chi connectivity index (χ3v) is 4.56. The first kappa shape index (κ1) is 13.8. The Kier molecular flexibility index (Phi) is 4.53. The lowest BCUT2D eigenvalue weighted by molar-refractivity contribution is 0.230. The van der Waals surface area contributed by atoms with Crippen molar-refractivity contribution < 1.29 is 0 Å². The summed E-state index contributed by atoms with van der Waals surface area (Å²) in [6, 6.07) is 2.93. The Hall–Kier alpha value is -1.13. The van der Waals surface area contributed by atoms with Gasteiger partial charge in [-0.15, -0.1) is 0 Å². The van der Waals surface area contributed by atoms with E-state index in [2.05, 4.69) is 33.1 Å². The van der Waals surface area contributed by atoms with E-state index in [1.54, 1.807) is 0 Å². The van der Waals surface area contributed by atoms with Crippen molar-refractivity contribution in [3.05, 3.63) is 24.0 Å². The maximum Gasteiger partial charge on any atom is 0.0599 e. The average molecular weight is 274 g/mol. The Morgan fingerprint density at radius 2 is 2.30 bits per heavy atom. The Bertz CT molecular complexity index is 434. The lowest BCUT2D eigenvalue weighted by Crippen LogP contribution is -2.50. The van der Waals surface area contributed by atoms with E-state index in [0.29, 0.717) is 0 Å². The number of rotatable bonds is 5. The summed E-state index contributed by atoms with van der Waals surface area (Å²) < 4.78 is 0. The van der Waals surface area contributed by atoms with Crippen LogP contribution in [0.3, 0.4) is 0 Å². The molecule has 0 amide bonds. The molecule has 110 valence electrons. The van der Waals surface area contributed by atoms with Crippen molar-refractivity contribution in [3.8, 4) is 0 Å². The molecule has 3 heterocycles. The van der Waals surface area contributed by atoms with Crippen molar-refractivity contribution in [3.63, 3.8) is 0 Å². The molecule has 1 aromatic heterocycles. The van der Waals surface area contributed by atoms with E-state index in [4.69, 9.17) is 0 Å². The van der Waals surface area contributed by atoms with Crippen molar-refractivity contribution >= 4 is 5.69 Å². The summed E-state index contributed by atoms with van der Waals surface area (Å²) in [6.07, 6.45) is 7.88. The van der Waals surface area contributed by atoms with Gasteiger partial charge in [-0.25, -0.2) is 0 Å². The molecule has 4 nitrogen and oxygen atoms in total. The zero-order valence-electron chi connectivity index (χ0n) is 12.5. The van der Waals surface area contributed by atoms with Crippen LogP contribution in [0.25, 0.3) is 0 Å². The molecule has 0 aliphatic carbocycles. The SMILES string of the molecule is CCCNCc1ccncc1N1CCN2CCCC2C1. The normalized spacial score (nSPS) is 23.1.